The molecule has 7 heteroatoms. The zero-order chi connectivity index (χ0) is 20.1. The molecule has 0 aromatic heterocycles. The van der Waals surface area contributed by atoms with Crippen LogP contribution in [0.5, 0.6) is 5.75 Å². The van der Waals surface area contributed by atoms with E-state index in [9.17, 15) is 9.90 Å². The first-order valence-electron chi connectivity index (χ1n) is 9.30. The van der Waals surface area contributed by atoms with Crippen molar-refractivity contribution in [2.75, 3.05) is 32.6 Å². The predicted molar refractivity (Wildman–Crippen MR) is 111 cm³/mol. The first kappa shape index (κ1) is 20.5. The molecule has 3 N–H and O–H groups in total. The third-order valence-electron chi connectivity index (χ3n) is 5.11. The Kier molecular flexibility index (Phi) is 6.78. The molecule has 0 unspecified atom stereocenters. The highest BCUT2D eigenvalue weighted by Gasteiger charge is 2.33. The number of carbonyl (C=O) groups is 1. The van der Waals surface area contributed by atoms with E-state index in [0.717, 1.165) is 6.54 Å². The zero-order valence-electron chi connectivity index (χ0n) is 16.1. The van der Waals surface area contributed by atoms with E-state index in [1.165, 1.54) is 12.7 Å². The summed E-state index contributed by atoms with van der Waals surface area (Å²) in [5.41, 5.74) is 2.28. The van der Waals surface area contributed by atoms with Crippen LogP contribution in [0.3, 0.4) is 0 Å². The third kappa shape index (κ3) is 4.58. The van der Waals surface area contributed by atoms with Gasteiger partial charge in [0.2, 0.25) is 0 Å². The van der Waals surface area contributed by atoms with Crippen LogP contribution in [0.15, 0.2) is 42.5 Å². The van der Waals surface area contributed by atoms with Gasteiger partial charge in [-0.2, -0.15) is 0 Å². The van der Waals surface area contributed by atoms with Gasteiger partial charge in [-0.15, -0.1) is 0 Å². The number of carbonyl (C=O) groups excluding carboxylic acids is 1. The monoisotopic (exact) mass is 403 g/mol. The molecule has 2 aromatic rings. The second-order valence-electron chi connectivity index (χ2n) is 6.94. The molecule has 150 valence electrons. The number of amides is 1. The number of aliphatic hydroxyl groups excluding tert-OH is 1. The number of benzene rings is 2. The molecule has 1 fully saturated rings. The number of ether oxygens (including phenoxy) is 1. The number of anilines is 1. The van der Waals surface area contributed by atoms with Gasteiger partial charge in [0.15, 0.2) is 0 Å². The van der Waals surface area contributed by atoms with Crippen LogP contribution in [0.4, 0.5) is 5.69 Å². The van der Waals surface area contributed by atoms with Crippen LogP contribution in [0, 0.1) is 0 Å². The van der Waals surface area contributed by atoms with E-state index >= 15 is 0 Å². The van der Waals surface area contributed by atoms with Gasteiger partial charge in [0.1, 0.15) is 5.75 Å². The van der Waals surface area contributed by atoms with E-state index in [4.69, 9.17) is 16.3 Å². The fraction of sp³-hybridized carbons (Fsp3) is 0.381. The van der Waals surface area contributed by atoms with Crippen LogP contribution in [-0.4, -0.2) is 55.3 Å². The summed E-state index contributed by atoms with van der Waals surface area (Å²) in [6, 6.07) is 13.4. The zero-order valence-corrected chi connectivity index (χ0v) is 16.9. The lowest BCUT2D eigenvalue weighted by Crippen LogP contribution is -2.37. The first-order valence-corrected chi connectivity index (χ1v) is 9.68. The Balaban J connectivity index is 1.70. The van der Waals surface area contributed by atoms with Crippen LogP contribution in [-0.2, 0) is 6.54 Å². The Labute approximate surface area is 170 Å². The standard InChI is InChI=1S/C21H26ClN3O3/c1-23-19-10-20(28-2)17(9-18(19)22)21(27)24-15-8-16(13-26)25(12-15)11-14-6-4-3-5-7-14/h3-7,9-10,15-16,23,26H,8,11-13H2,1-2H3,(H,24,27)/t15-,16+/m1/s1. The third-order valence-corrected chi connectivity index (χ3v) is 5.42. The van der Waals surface area contributed by atoms with Gasteiger partial charge in [0, 0.05) is 38.3 Å². The second-order valence-corrected chi connectivity index (χ2v) is 7.35. The molecule has 1 heterocycles. The summed E-state index contributed by atoms with van der Waals surface area (Å²) < 4.78 is 5.36. The van der Waals surface area contributed by atoms with Gasteiger partial charge < -0.3 is 20.5 Å². The number of hydrogen-bond acceptors (Lipinski definition) is 5. The lowest BCUT2D eigenvalue weighted by atomic mass is 10.1. The van der Waals surface area contributed by atoms with E-state index < -0.39 is 0 Å². The van der Waals surface area contributed by atoms with E-state index in [2.05, 4.69) is 27.7 Å². The molecule has 0 aliphatic carbocycles. The molecule has 28 heavy (non-hydrogen) atoms. The highest BCUT2D eigenvalue weighted by atomic mass is 35.5. The maximum absolute atomic E-state index is 12.8. The van der Waals surface area contributed by atoms with Gasteiger partial charge in [-0.25, -0.2) is 0 Å². The molecule has 1 amide bonds. The van der Waals surface area contributed by atoms with Gasteiger partial charge in [-0.05, 0) is 18.1 Å². The SMILES string of the molecule is CNc1cc(OC)c(C(=O)N[C@@H]2C[C@@H](CO)N(Cc3ccccc3)C2)cc1Cl. The minimum absolute atomic E-state index is 0.0163. The number of methoxy groups -OCH3 is 1. The molecule has 0 radical (unpaired) electrons. The number of nitrogens with zero attached hydrogens (tertiary/aromatic N) is 1. The smallest absolute Gasteiger partial charge is 0.255 e. The van der Waals surface area contributed by atoms with Crippen molar-refractivity contribution < 1.29 is 14.6 Å². The summed E-state index contributed by atoms with van der Waals surface area (Å²) in [7, 11) is 3.29. The van der Waals surface area contributed by atoms with Gasteiger partial charge >= 0.3 is 0 Å². The lowest BCUT2D eigenvalue weighted by molar-refractivity contribution is 0.0934. The van der Waals surface area contributed by atoms with Crippen molar-refractivity contribution >= 4 is 23.2 Å². The largest absolute Gasteiger partial charge is 0.496 e. The van der Waals surface area contributed by atoms with Crippen LogP contribution in [0.2, 0.25) is 5.02 Å². The molecular formula is C21H26ClN3O3. The van der Waals surface area contributed by atoms with Crippen molar-refractivity contribution in [3.8, 4) is 5.75 Å². The highest BCUT2D eigenvalue weighted by Crippen LogP contribution is 2.31. The number of likely N-dealkylation sites (tertiary alicyclic amines) is 1. The Morgan fingerprint density at radius 1 is 1.32 bits per heavy atom. The fourth-order valence-corrected chi connectivity index (χ4v) is 3.90. The second kappa shape index (κ2) is 9.28. The number of halogens is 1. The molecule has 6 nitrogen and oxygen atoms in total. The van der Waals surface area contributed by atoms with Crippen molar-refractivity contribution in [3.05, 3.63) is 58.6 Å². The summed E-state index contributed by atoms with van der Waals surface area (Å²) in [4.78, 5) is 15.0. The molecule has 1 aliphatic heterocycles. The Morgan fingerprint density at radius 2 is 2.07 bits per heavy atom. The molecule has 0 spiro atoms. The normalized spacial score (nSPS) is 19.4. The fourth-order valence-electron chi connectivity index (χ4n) is 3.64. The molecule has 0 bridgehead atoms. The maximum Gasteiger partial charge on any atom is 0.255 e. The van der Waals surface area contributed by atoms with E-state index in [1.54, 1.807) is 19.2 Å². The summed E-state index contributed by atoms with van der Waals surface area (Å²) in [5, 5.41) is 16.3. The van der Waals surface area contributed by atoms with Crippen molar-refractivity contribution in [2.24, 2.45) is 0 Å². The minimum Gasteiger partial charge on any atom is -0.496 e. The van der Waals surface area contributed by atoms with Gasteiger partial charge in [0.25, 0.3) is 5.91 Å². The average Bonchev–Trinajstić information content (AvgIpc) is 3.09. The predicted octanol–water partition coefficient (Wildman–Crippen LogP) is 2.76. The number of hydrogen-bond donors (Lipinski definition) is 3. The van der Waals surface area contributed by atoms with Crippen molar-refractivity contribution in [2.45, 2.75) is 25.0 Å². The van der Waals surface area contributed by atoms with Crippen LogP contribution in [0.1, 0.15) is 22.3 Å². The Hall–Kier alpha value is -2.28. The highest BCUT2D eigenvalue weighted by molar-refractivity contribution is 6.33. The Bertz CT molecular complexity index is 816. The summed E-state index contributed by atoms with van der Waals surface area (Å²) in [5.74, 6) is 0.230. The van der Waals surface area contributed by atoms with Crippen LogP contribution < -0.4 is 15.4 Å². The lowest BCUT2D eigenvalue weighted by Gasteiger charge is -2.22. The number of nitrogens with one attached hydrogen (secondary N) is 2. The van der Waals surface area contributed by atoms with E-state index in [1.807, 2.05) is 18.2 Å². The molecule has 1 aliphatic rings. The molecule has 3 rings (SSSR count). The molecule has 0 saturated carbocycles. The summed E-state index contributed by atoms with van der Waals surface area (Å²) >= 11 is 6.24. The number of aliphatic hydroxyl groups is 1. The number of rotatable bonds is 7. The minimum atomic E-state index is -0.232. The van der Waals surface area contributed by atoms with Crippen LogP contribution in [0.25, 0.3) is 0 Å². The summed E-state index contributed by atoms with van der Waals surface area (Å²) in [6.07, 6.45) is 0.694. The first-order chi connectivity index (χ1) is 13.5. The topological polar surface area (TPSA) is 73.8 Å². The maximum atomic E-state index is 12.8. The molecule has 2 atom stereocenters. The van der Waals surface area contributed by atoms with E-state index in [-0.39, 0.29) is 24.6 Å². The van der Waals surface area contributed by atoms with Crippen molar-refractivity contribution in [1.29, 1.82) is 0 Å². The van der Waals surface area contributed by atoms with Gasteiger partial charge in [-0.1, -0.05) is 41.9 Å². The van der Waals surface area contributed by atoms with E-state index in [0.29, 0.717) is 35.0 Å². The average molecular weight is 404 g/mol. The Morgan fingerprint density at radius 3 is 2.71 bits per heavy atom. The molecule has 1 saturated heterocycles. The molecular weight excluding hydrogens is 378 g/mol. The van der Waals surface area contributed by atoms with Gasteiger partial charge in [0.05, 0.1) is 30.0 Å². The van der Waals surface area contributed by atoms with Crippen molar-refractivity contribution in [1.82, 2.24) is 10.2 Å². The van der Waals surface area contributed by atoms with Crippen molar-refractivity contribution in [3.63, 3.8) is 0 Å². The quantitative estimate of drug-likeness (QED) is 0.663. The van der Waals surface area contributed by atoms with Crippen LogP contribution >= 0.6 is 11.6 Å². The summed E-state index contributed by atoms with van der Waals surface area (Å²) in [6.45, 7) is 1.48. The molecule has 2 aromatic carbocycles. The van der Waals surface area contributed by atoms with Gasteiger partial charge in [-0.3, -0.25) is 9.69 Å².